The molecule has 0 fully saturated rings. The Labute approximate surface area is 145 Å². The number of rotatable bonds is 2. The first-order valence-corrected chi connectivity index (χ1v) is 8.09. The van der Waals surface area contributed by atoms with Crippen LogP contribution in [0.5, 0.6) is 0 Å². The van der Waals surface area contributed by atoms with E-state index in [1.165, 1.54) is 10.4 Å². The second kappa shape index (κ2) is 7.10. The summed E-state index contributed by atoms with van der Waals surface area (Å²) >= 11 is 1.79. The summed E-state index contributed by atoms with van der Waals surface area (Å²) in [5.74, 6) is 0.235. The molecule has 0 saturated carbocycles. The Morgan fingerprint density at radius 2 is 2.13 bits per heavy atom. The lowest BCUT2D eigenvalue weighted by Crippen LogP contribution is -2.29. The minimum absolute atomic E-state index is 0. The number of aromatic nitrogens is 1. The monoisotopic (exact) mass is 349 g/mol. The second-order valence-corrected chi connectivity index (χ2v) is 6.55. The van der Waals surface area contributed by atoms with Crippen LogP contribution in [0.2, 0.25) is 0 Å². The van der Waals surface area contributed by atoms with Gasteiger partial charge in [-0.05, 0) is 48.9 Å². The highest BCUT2D eigenvalue weighted by Crippen LogP contribution is 2.37. The quantitative estimate of drug-likeness (QED) is 0.442. The van der Waals surface area contributed by atoms with Crippen LogP contribution in [-0.4, -0.2) is 16.7 Å². The minimum Gasteiger partial charge on any atom is -0.369 e. The van der Waals surface area contributed by atoms with Gasteiger partial charge in [0, 0.05) is 29.0 Å². The fourth-order valence-corrected chi connectivity index (χ4v) is 4.05. The minimum atomic E-state index is -0.148. The van der Waals surface area contributed by atoms with E-state index in [0.717, 1.165) is 35.4 Å². The molecule has 2 aromatic rings. The Balaban J connectivity index is 0.00000192. The number of aryl methyl sites for hydroxylation is 2. The number of hydrogen-bond donors (Lipinski definition) is 3. The molecule has 4 N–H and O–H groups in total. The van der Waals surface area contributed by atoms with E-state index in [-0.39, 0.29) is 18.4 Å². The van der Waals surface area contributed by atoms with Crippen molar-refractivity contribution >= 4 is 35.4 Å². The molecule has 3 rings (SSSR count). The van der Waals surface area contributed by atoms with Crippen molar-refractivity contribution in [2.24, 2.45) is 10.8 Å². The summed E-state index contributed by atoms with van der Waals surface area (Å²) in [6.45, 7) is 4.22. The highest BCUT2D eigenvalue weighted by atomic mass is 35.5. The molecule has 0 amide bonds. The van der Waals surface area contributed by atoms with Crippen molar-refractivity contribution in [2.45, 2.75) is 32.6 Å². The van der Waals surface area contributed by atoms with Crippen LogP contribution < -0.4 is 11.2 Å². The molecule has 122 valence electrons. The van der Waals surface area contributed by atoms with Crippen molar-refractivity contribution in [1.29, 1.82) is 5.41 Å². The molecular weight excluding hydrogens is 330 g/mol. The van der Waals surface area contributed by atoms with E-state index in [0.29, 0.717) is 5.92 Å². The molecule has 1 unspecified atom stereocenters. The fraction of sp³-hybridized carbons (Fsp3) is 0.312. The van der Waals surface area contributed by atoms with E-state index < -0.39 is 0 Å². The molecule has 0 aliphatic heterocycles. The van der Waals surface area contributed by atoms with E-state index in [2.05, 4.69) is 40.8 Å². The molecule has 1 aliphatic rings. The Hall–Kier alpha value is -1.92. The van der Waals surface area contributed by atoms with Gasteiger partial charge in [0.15, 0.2) is 0 Å². The molecule has 23 heavy (non-hydrogen) atoms. The number of hydrazone groups is 1. The molecule has 0 aromatic carbocycles. The Kier molecular flexibility index (Phi) is 5.38. The van der Waals surface area contributed by atoms with Crippen LogP contribution in [0.25, 0.3) is 0 Å². The summed E-state index contributed by atoms with van der Waals surface area (Å²) in [7, 11) is 0. The first-order chi connectivity index (χ1) is 10.6. The van der Waals surface area contributed by atoms with Gasteiger partial charge >= 0.3 is 0 Å². The lowest BCUT2D eigenvalue weighted by molar-refractivity contribution is 0.683. The first kappa shape index (κ1) is 17.4. The number of hydrogen-bond acceptors (Lipinski definition) is 4. The molecule has 0 saturated heterocycles. The van der Waals surface area contributed by atoms with E-state index in [4.69, 9.17) is 11.1 Å². The fourth-order valence-electron chi connectivity index (χ4n) is 3.02. The van der Waals surface area contributed by atoms with Gasteiger partial charge in [0.1, 0.15) is 0 Å². The third-order valence-corrected chi connectivity index (χ3v) is 5.17. The summed E-state index contributed by atoms with van der Waals surface area (Å²) in [4.78, 5) is 5.95. The van der Waals surface area contributed by atoms with Crippen LogP contribution in [0.4, 0.5) is 0 Å². The molecule has 2 aromatic heterocycles. The average molecular weight is 350 g/mol. The van der Waals surface area contributed by atoms with Gasteiger partial charge in [-0.25, -0.2) is 5.43 Å². The number of nitrogens with two attached hydrogens (primary N) is 1. The second-order valence-electron chi connectivity index (χ2n) is 5.61. The van der Waals surface area contributed by atoms with Gasteiger partial charge in [-0.3, -0.25) is 10.4 Å². The largest absolute Gasteiger partial charge is 0.369 e. The van der Waals surface area contributed by atoms with Gasteiger partial charge in [-0.15, -0.1) is 23.7 Å². The summed E-state index contributed by atoms with van der Waals surface area (Å²) in [6, 6.07) is 4.16. The molecule has 2 heterocycles. The average Bonchev–Trinajstić information content (AvgIpc) is 2.90. The van der Waals surface area contributed by atoms with Crippen LogP contribution in [0.3, 0.4) is 0 Å². The standard InChI is InChI=1S/C16H19N5S.ClH/c1-9-3-5-19-12-7-11(15-10(2)4-6-22-15)8-13(14(9)12)20-21-16(17)18;/h3-6,11H,7-8H2,1-2H3,(H4,17,18,21);1H. The lowest BCUT2D eigenvalue weighted by Gasteiger charge is -2.26. The number of halogens is 1. The highest BCUT2D eigenvalue weighted by molar-refractivity contribution is 7.10. The van der Waals surface area contributed by atoms with Crippen LogP contribution in [-0.2, 0) is 6.42 Å². The van der Waals surface area contributed by atoms with Gasteiger partial charge in [0.2, 0.25) is 5.96 Å². The maximum atomic E-state index is 7.32. The van der Waals surface area contributed by atoms with Gasteiger partial charge in [0.25, 0.3) is 0 Å². The maximum absolute atomic E-state index is 7.32. The molecule has 0 spiro atoms. The Morgan fingerprint density at radius 1 is 1.35 bits per heavy atom. The summed E-state index contributed by atoms with van der Waals surface area (Å²) in [5.41, 5.74) is 13.6. The van der Waals surface area contributed by atoms with Crippen molar-refractivity contribution in [1.82, 2.24) is 10.4 Å². The van der Waals surface area contributed by atoms with Gasteiger partial charge < -0.3 is 5.73 Å². The van der Waals surface area contributed by atoms with Gasteiger partial charge in [-0.1, -0.05) is 0 Å². The van der Waals surface area contributed by atoms with E-state index in [9.17, 15) is 0 Å². The Bertz CT molecular complexity index is 753. The number of thiophene rings is 1. The van der Waals surface area contributed by atoms with E-state index in [1.807, 2.05) is 12.3 Å². The molecule has 0 bridgehead atoms. The van der Waals surface area contributed by atoms with Crippen LogP contribution >= 0.6 is 23.7 Å². The molecule has 0 radical (unpaired) electrons. The van der Waals surface area contributed by atoms with Crippen LogP contribution in [0.1, 0.15) is 39.6 Å². The molecule has 5 nitrogen and oxygen atoms in total. The zero-order chi connectivity index (χ0) is 15.7. The molecular formula is C16H20ClN5S. The highest BCUT2D eigenvalue weighted by Gasteiger charge is 2.28. The van der Waals surface area contributed by atoms with Crippen molar-refractivity contribution in [3.8, 4) is 0 Å². The Morgan fingerprint density at radius 3 is 2.78 bits per heavy atom. The molecule has 1 aliphatic carbocycles. The normalized spacial score (nSPS) is 18.2. The topological polar surface area (TPSA) is 87.2 Å². The maximum Gasteiger partial charge on any atom is 0.206 e. The third-order valence-electron chi connectivity index (χ3n) is 3.99. The van der Waals surface area contributed by atoms with Crippen molar-refractivity contribution in [3.05, 3.63) is 51.0 Å². The number of guanidine groups is 1. The van der Waals surface area contributed by atoms with Crippen molar-refractivity contribution in [3.63, 3.8) is 0 Å². The van der Waals surface area contributed by atoms with Gasteiger partial charge in [0.05, 0.1) is 11.4 Å². The lowest BCUT2D eigenvalue weighted by atomic mass is 9.82. The molecule has 7 heteroatoms. The SMILES string of the molecule is Cc1ccsc1C1CC(=NNC(=N)N)c2c(C)ccnc2C1.Cl. The predicted octanol–water partition coefficient (Wildman–Crippen LogP) is 3.10. The summed E-state index contributed by atoms with van der Waals surface area (Å²) in [5, 5.41) is 13.8. The smallest absolute Gasteiger partial charge is 0.206 e. The van der Waals surface area contributed by atoms with Gasteiger partial charge in [-0.2, -0.15) is 5.10 Å². The number of fused-ring (bicyclic) bond motifs is 1. The summed E-state index contributed by atoms with van der Waals surface area (Å²) < 4.78 is 0. The first-order valence-electron chi connectivity index (χ1n) is 7.21. The van der Waals surface area contributed by atoms with E-state index in [1.54, 1.807) is 11.3 Å². The molecule has 1 atom stereocenters. The summed E-state index contributed by atoms with van der Waals surface area (Å²) in [6.07, 6.45) is 3.62. The number of nitrogens with one attached hydrogen (secondary N) is 2. The van der Waals surface area contributed by atoms with Crippen molar-refractivity contribution in [2.75, 3.05) is 0 Å². The number of nitrogens with zero attached hydrogens (tertiary/aromatic N) is 2. The zero-order valence-electron chi connectivity index (χ0n) is 13.1. The zero-order valence-corrected chi connectivity index (χ0v) is 14.7. The number of pyridine rings is 1. The third kappa shape index (κ3) is 3.54. The predicted molar refractivity (Wildman–Crippen MR) is 97.9 cm³/mol. The van der Waals surface area contributed by atoms with E-state index >= 15 is 0 Å². The van der Waals surface area contributed by atoms with Crippen LogP contribution in [0.15, 0.2) is 28.8 Å². The van der Waals surface area contributed by atoms with Crippen molar-refractivity contribution < 1.29 is 0 Å². The van der Waals surface area contributed by atoms with Crippen LogP contribution in [0, 0.1) is 19.3 Å².